The minimum absolute atomic E-state index is 0.121. The average Bonchev–Trinajstić information content (AvgIpc) is 2.25. The van der Waals surface area contributed by atoms with Gasteiger partial charge in [-0.15, -0.1) is 0 Å². The molecule has 1 aromatic rings. The molecule has 1 heterocycles. The summed E-state index contributed by atoms with van der Waals surface area (Å²) in [5, 5.41) is 0.717. The highest BCUT2D eigenvalue weighted by Gasteiger charge is 2.20. The molecule has 0 fully saturated rings. The van der Waals surface area contributed by atoms with Crippen LogP contribution in [0.25, 0.3) is 0 Å². The molecule has 1 rings (SSSR count). The monoisotopic (exact) mass is 310 g/mol. The van der Waals surface area contributed by atoms with Crippen LogP contribution in [-0.2, 0) is 10.0 Å². The summed E-state index contributed by atoms with van der Waals surface area (Å²) in [5.41, 5.74) is 0. The second kappa shape index (κ2) is 5.70. The van der Waals surface area contributed by atoms with E-state index < -0.39 is 15.8 Å². The SMILES string of the molecule is CN(CCCBr)S(=O)(=O)c1cncc(F)c1. The number of rotatable bonds is 5. The summed E-state index contributed by atoms with van der Waals surface area (Å²) in [7, 11) is -2.16. The molecule has 0 spiro atoms. The summed E-state index contributed by atoms with van der Waals surface area (Å²) in [6.07, 6.45) is 2.80. The van der Waals surface area contributed by atoms with Gasteiger partial charge in [-0.1, -0.05) is 15.9 Å². The zero-order valence-corrected chi connectivity index (χ0v) is 11.1. The minimum Gasteiger partial charge on any atom is -0.260 e. The molecule has 0 unspecified atom stereocenters. The molecule has 1 aromatic heterocycles. The van der Waals surface area contributed by atoms with E-state index in [9.17, 15) is 12.8 Å². The van der Waals surface area contributed by atoms with Gasteiger partial charge in [0, 0.05) is 25.1 Å². The first-order valence-corrected chi connectivity index (χ1v) is 7.17. The van der Waals surface area contributed by atoms with Gasteiger partial charge in [-0.05, 0) is 12.5 Å². The second-order valence-corrected chi connectivity index (χ2v) is 6.05. The highest BCUT2D eigenvalue weighted by molar-refractivity contribution is 9.09. The topological polar surface area (TPSA) is 50.3 Å². The standard InChI is InChI=1S/C9H12BrFN2O2S/c1-13(4-2-3-10)16(14,15)9-5-8(11)6-12-7-9/h5-7H,2-4H2,1H3. The normalized spacial score (nSPS) is 12.0. The molecule has 0 amide bonds. The van der Waals surface area contributed by atoms with Crippen molar-refractivity contribution in [2.45, 2.75) is 11.3 Å². The van der Waals surface area contributed by atoms with Gasteiger partial charge in [-0.3, -0.25) is 4.98 Å². The van der Waals surface area contributed by atoms with Crippen molar-refractivity contribution in [3.63, 3.8) is 0 Å². The van der Waals surface area contributed by atoms with Crippen molar-refractivity contribution in [1.29, 1.82) is 0 Å². The van der Waals surface area contributed by atoms with Gasteiger partial charge in [0.05, 0.1) is 6.20 Å². The van der Waals surface area contributed by atoms with Crippen LogP contribution in [0.3, 0.4) is 0 Å². The summed E-state index contributed by atoms with van der Waals surface area (Å²) >= 11 is 3.22. The van der Waals surface area contributed by atoms with Gasteiger partial charge in [-0.2, -0.15) is 0 Å². The van der Waals surface area contributed by atoms with Crippen LogP contribution in [0.4, 0.5) is 4.39 Å². The van der Waals surface area contributed by atoms with E-state index in [1.165, 1.54) is 11.4 Å². The summed E-state index contributed by atoms with van der Waals surface area (Å²) < 4.78 is 37.8. The predicted octanol–water partition coefficient (Wildman–Crippen LogP) is 1.63. The Kier molecular flexibility index (Phi) is 4.82. The Balaban J connectivity index is 2.93. The first-order chi connectivity index (χ1) is 7.48. The predicted molar refractivity (Wildman–Crippen MR) is 62.4 cm³/mol. The number of pyridine rings is 1. The van der Waals surface area contributed by atoms with Crippen molar-refractivity contribution in [2.24, 2.45) is 0 Å². The van der Waals surface area contributed by atoms with Crippen molar-refractivity contribution in [3.8, 4) is 0 Å². The lowest BCUT2D eigenvalue weighted by Crippen LogP contribution is -2.28. The van der Waals surface area contributed by atoms with E-state index in [0.717, 1.165) is 18.5 Å². The number of hydrogen-bond acceptors (Lipinski definition) is 3. The van der Waals surface area contributed by atoms with Crippen LogP contribution in [0.15, 0.2) is 23.4 Å². The average molecular weight is 311 g/mol. The number of alkyl halides is 1. The van der Waals surface area contributed by atoms with E-state index in [-0.39, 0.29) is 4.90 Å². The van der Waals surface area contributed by atoms with Crippen molar-refractivity contribution in [1.82, 2.24) is 9.29 Å². The molecular formula is C9H12BrFN2O2S. The van der Waals surface area contributed by atoms with E-state index >= 15 is 0 Å². The molecule has 7 heteroatoms. The van der Waals surface area contributed by atoms with Crippen LogP contribution in [0, 0.1) is 5.82 Å². The van der Waals surface area contributed by atoms with E-state index in [1.807, 2.05) is 0 Å². The summed E-state index contributed by atoms with van der Waals surface area (Å²) in [6, 6.07) is 0.965. The minimum atomic E-state index is -3.62. The van der Waals surface area contributed by atoms with Gasteiger partial charge in [0.2, 0.25) is 10.0 Å². The molecule has 4 nitrogen and oxygen atoms in total. The van der Waals surface area contributed by atoms with Gasteiger partial charge >= 0.3 is 0 Å². The third-order valence-electron chi connectivity index (χ3n) is 1.99. The molecule has 0 aromatic carbocycles. The van der Waals surface area contributed by atoms with Gasteiger partial charge in [0.1, 0.15) is 10.7 Å². The van der Waals surface area contributed by atoms with Crippen LogP contribution < -0.4 is 0 Å². The molecule has 0 atom stereocenters. The Hall–Kier alpha value is -0.530. The fourth-order valence-corrected chi connectivity index (χ4v) is 2.55. The fourth-order valence-electron chi connectivity index (χ4n) is 1.12. The molecule has 0 saturated carbocycles. The number of sulfonamides is 1. The van der Waals surface area contributed by atoms with Crippen LogP contribution in [0.1, 0.15) is 6.42 Å². The zero-order chi connectivity index (χ0) is 12.2. The Morgan fingerprint density at radius 1 is 1.50 bits per heavy atom. The van der Waals surface area contributed by atoms with E-state index in [2.05, 4.69) is 20.9 Å². The number of halogens is 2. The molecule has 0 aliphatic carbocycles. The zero-order valence-electron chi connectivity index (χ0n) is 8.73. The number of hydrogen-bond donors (Lipinski definition) is 0. The van der Waals surface area contributed by atoms with Gasteiger partial charge in [-0.25, -0.2) is 17.1 Å². The smallest absolute Gasteiger partial charge is 0.244 e. The fraction of sp³-hybridized carbons (Fsp3) is 0.444. The second-order valence-electron chi connectivity index (χ2n) is 3.21. The molecule has 16 heavy (non-hydrogen) atoms. The molecule has 0 aliphatic heterocycles. The van der Waals surface area contributed by atoms with E-state index in [1.54, 1.807) is 0 Å². The molecular weight excluding hydrogens is 299 g/mol. The van der Waals surface area contributed by atoms with Crippen LogP contribution in [0.5, 0.6) is 0 Å². The quantitative estimate of drug-likeness (QED) is 0.777. The Morgan fingerprint density at radius 2 is 2.19 bits per heavy atom. The summed E-state index contributed by atoms with van der Waals surface area (Å²) in [5.74, 6) is -0.657. The largest absolute Gasteiger partial charge is 0.260 e. The van der Waals surface area contributed by atoms with Crippen molar-refractivity contribution < 1.29 is 12.8 Å². The third kappa shape index (κ3) is 3.23. The number of aromatic nitrogens is 1. The van der Waals surface area contributed by atoms with Crippen LogP contribution in [-0.4, -0.2) is 36.6 Å². The Bertz CT molecular complexity index is 453. The van der Waals surface area contributed by atoms with Crippen molar-refractivity contribution >= 4 is 26.0 Å². The van der Waals surface area contributed by atoms with Crippen molar-refractivity contribution in [2.75, 3.05) is 18.9 Å². The van der Waals surface area contributed by atoms with Crippen LogP contribution >= 0.6 is 15.9 Å². The summed E-state index contributed by atoms with van der Waals surface area (Å²) in [4.78, 5) is 3.40. The first kappa shape index (κ1) is 13.5. The van der Waals surface area contributed by atoms with Gasteiger partial charge < -0.3 is 0 Å². The van der Waals surface area contributed by atoms with Crippen LogP contribution in [0.2, 0.25) is 0 Å². The Labute approximate surface area is 103 Å². The van der Waals surface area contributed by atoms with Gasteiger partial charge in [0.25, 0.3) is 0 Å². The summed E-state index contributed by atoms with van der Waals surface area (Å²) in [6.45, 7) is 0.379. The number of nitrogens with zero attached hydrogens (tertiary/aromatic N) is 2. The maximum atomic E-state index is 12.9. The molecule has 0 bridgehead atoms. The lowest BCUT2D eigenvalue weighted by Gasteiger charge is -2.16. The van der Waals surface area contributed by atoms with Gasteiger partial charge in [0.15, 0.2) is 0 Å². The van der Waals surface area contributed by atoms with E-state index in [0.29, 0.717) is 18.3 Å². The lowest BCUT2D eigenvalue weighted by atomic mass is 10.5. The highest BCUT2D eigenvalue weighted by Crippen LogP contribution is 2.14. The lowest BCUT2D eigenvalue weighted by molar-refractivity contribution is 0.468. The molecule has 90 valence electrons. The highest BCUT2D eigenvalue weighted by atomic mass is 79.9. The van der Waals surface area contributed by atoms with Crippen molar-refractivity contribution in [3.05, 3.63) is 24.3 Å². The maximum Gasteiger partial charge on any atom is 0.244 e. The van der Waals surface area contributed by atoms with E-state index in [4.69, 9.17) is 0 Å². The Morgan fingerprint density at radius 3 is 2.75 bits per heavy atom. The first-order valence-electron chi connectivity index (χ1n) is 4.61. The maximum absolute atomic E-state index is 12.9. The molecule has 0 saturated heterocycles. The molecule has 0 N–H and O–H groups in total. The molecule has 0 aliphatic rings. The molecule has 0 radical (unpaired) electrons. The third-order valence-corrected chi connectivity index (χ3v) is 4.38.